The first-order valence-electron chi connectivity index (χ1n) is 9.47. The summed E-state index contributed by atoms with van der Waals surface area (Å²) in [5.74, 6) is 0.300. The van der Waals surface area contributed by atoms with Crippen molar-refractivity contribution in [3.63, 3.8) is 0 Å². The van der Waals surface area contributed by atoms with Crippen molar-refractivity contribution < 1.29 is 24.2 Å². The Morgan fingerprint density at radius 1 is 1.04 bits per heavy atom. The van der Waals surface area contributed by atoms with E-state index in [9.17, 15) is 9.59 Å². The standard InChI is InChI=1S/C22H25NO5/c1-27-19-11-8-16(12-20(19)28-18-4-2-3-5-18)14-23-21(24)13-15-6-9-17(10-7-15)22(25)26/h6-12,18H,2-5,13-14H2,1H3,(H,23,24)(H,25,26). The van der Waals surface area contributed by atoms with Gasteiger partial charge in [0.05, 0.1) is 25.2 Å². The zero-order valence-corrected chi connectivity index (χ0v) is 15.9. The van der Waals surface area contributed by atoms with Crippen molar-refractivity contribution in [1.82, 2.24) is 5.32 Å². The number of ether oxygens (including phenoxy) is 2. The Labute approximate surface area is 164 Å². The van der Waals surface area contributed by atoms with Crippen LogP contribution < -0.4 is 14.8 Å². The van der Waals surface area contributed by atoms with E-state index in [1.165, 1.54) is 25.0 Å². The lowest BCUT2D eigenvalue weighted by molar-refractivity contribution is -0.120. The van der Waals surface area contributed by atoms with Gasteiger partial charge in [-0.1, -0.05) is 18.2 Å². The number of methoxy groups -OCH3 is 1. The van der Waals surface area contributed by atoms with E-state index in [0.717, 1.165) is 24.0 Å². The van der Waals surface area contributed by atoms with Crippen LogP contribution in [0.3, 0.4) is 0 Å². The van der Waals surface area contributed by atoms with Gasteiger partial charge >= 0.3 is 5.97 Å². The Morgan fingerprint density at radius 2 is 1.71 bits per heavy atom. The van der Waals surface area contributed by atoms with E-state index in [2.05, 4.69) is 5.32 Å². The number of rotatable bonds is 8. The van der Waals surface area contributed by atoms with E-state index < -0.39 is 5.97 Å². The van der Waals surface area contributed by atoms with Crippen molar-refractivity contribution in [2.45, 2.75) is 44.8 Å². The fourth-order valence-electron chi connectivity index (χ4n) is 3.32. The first-order valence-corrected chi connectivity index (χ1v) is 9.47. The summed E-state index contributed by atoms with van der Waals surface area (Å²) in [6.07, 6.45) is 4.93. The molecule has 148 valence electrons. The Bertz CT molecular complexity index is 825. The molecule has 6 heteroatoms. The second-order valence-corrected chi connectivity index (χ2v) is 6.97. The molecule has 0 spiro atoms. The fraction of sp³-hybridized carbons (Fsp3) is 0.364. The molecule has 0 unspecified atom stereocenters. The molecule has 0 atom stereocenters. The van der Waals surface area contributed by atoms with Crippen LogP contribution in [0.15, 0.2) is 42.5 Å². The first-order chi connectivity index (χ1) is 13.5. The van der Waals surface area contributed by atoms with Gasteiger partial charge in [-0.2, -0.15) is 0 Å². The average Bonchev–Trinajstić information content (AvgIpc) is 3.20. The maximum absolute atomic E-state index is 12.2. The van der Waals surface area contributed by atoms with Gasteiger partial charge in [0.1, 0.15) is 0 Å². The highest BCUT2D eigenvalue weighted by atomic mass is 16.5. The van der Waals surface area contributed by atoms with Crippen molar-refractivity contribution in [3.8, 4) is 11.5 Å². The molecule has 6 nitrogen and oxygen atoms in total. The second-order valence-electron chi connectivity index (χ2n) is 6.97. The third-order valence-electron chi connectivity index (χ3n) is 4.88. The van der Waals surface area contributed by atoms with Gasteiger partial charge in [-0.05, 0) is 61.1 Å². The lowest BCUT2D eigenvalue weighted by atomic mass is 10.1. The Balaban J connectivity index is 1.57. The maximum Gasteiger partial charge on any atom is 0.335 e. The molecule has 2 N–H and O–H groups in total. The molecule has 0 saturated heterocycles. The molecular weight excluding hydrogens is 358 g/mol. The number of carboxylic acids is 1. The smallest absolute Gasteiger partial charge is 0.335 e. The lowest BCUT2D eigenvalue weighted by Gasteiger charge is -2.17. The van der Waals surface area contributed by atoms with Crippen LogP contribution in [-0.4, -0.2) is 30.2 Å². The van der Waals surface area contributed by atoms with Crippen LogP contribution >= 0.6 is 0 Å². The van der Waals surface area contributed by atoms with Crippen LogP contribution in [0.5, 0.6) is 11.5 Å². The Morgan fingerprint density at radius 3 is 2.36 bits per heavy atom. The van der Waals surface area contributed by atoms with E-state index in [-0.39, 0.29) is 24.0 Å². The van der Waals surface area contributed by atoms with Crippen LogP contribution in [0.4, 0.5) is 0 Å². The van der Waals surface area contributed by atoms with Gasteiger partial charge in [-0.15, -0.1) is 0 Å². The highest BCUT2D eigenvalue weighted by Gasteiger charge is 2.18. The van der Waals surface area contributed by atoms with Gasteiger partial charge in [0.2, 0.25) is 5.91 Å². The first kappa shape index (κ1) is 19.7. The van der Waals surface area contributed by atoms with Crippen LogP contribution in [0.2, 0.25) is 0 Å². The van der Waals surface area contributed by atoms with E-state index in [1.54, 1.807) is 19.2 Å². The minimum Gasteiger partial charge on any atom is -0.493 e. The zero-order valence-electron chi connectivity index (χ0n) is 15.9. The quantitative estimate of drug-likeness (QED) is 0.728. The zero-order chi connectivity index (χ0) is 19.9. The normalized spacial score (nSPS) is 13.9. The van der Waals surface area contributed by atoms with Gasteiger partial charge in [-0.3, -0.25) is 4.79 Å². The van der Waals surface area contributed by atoms with Gasteiger partial charge in [0.15, 0.2) is 11.5 Å². The summed E-state index contributed by atoms with van der Waals surface area (Å²) in [4.78, 5) is 23.1. The third kappa shape index (κ3) is 5.25. The summed E-state index contributed by atoms with van der Waals surface area (Å²) in [5.41, 5.74) is 1.91. The molecule has 0 heterocycles. The largest absolute Gasteiger partial charge is 0.493 e. The summed E-state index contributed by atoms with van der Waals surface area (Å²) >= 11 is 0. The maximum atomic E-state index is 12.2. The van der Waals surface area contributed by atoms with E-state index >= 15 is 0 Å². The number of hydrogen-bond acceptors (Lipinski definition) is 4. The lowest BCUT2D eigenvalue weighted by Crippen LogP contribution is -2.24. The molecule has 0 aromatic heterocycles. The SMILES string of the molecule is COc1ccc(CNC(=O)Cc2ccc(C(=O)O)cc2)cc1OC1CCCC1. The molecular formula is C22H25NO5. The second kappa shape index (κ2) is 9.26. The Hall–Kier alpha value is -3.02. The van der Waals surface area contributed by atoms with Gasteiger partial charge in [0, 0.05) is 6.54 Å². The minimum atomic E-state index is -0.980. The molecule has 1 fully saturated rings. The van der Waals surface area contributed by atoms with E-state index in [1.807, 2.05) is 18.2 Å². The van der Waals surface area contributed by atoms with Crippen LogP contribution in [0, 0.1) is 0 Å². The molecule has 1 amide bonds. The number of hydrogen-bond donors (Lipinski definition) is 2. The van der Waals surface area contributed by atoms with Crippen molar-refractivity contribution in [2.75, 3.05) is 7.11 Å². The van der Waals surface area contributed by atoms with Crippen molar-refractivity contribution >= 4 is 11.9 Å². The molecule has 0 radical (unpaired) electrons. The average molecular weight is 383 g/mol. The van der Waals surface area contributed by atoms with Crippen LogP contribution in [0.1, 0.15) is 47.2 Å². The van der Waals surface area contributed by atoms with Crippen LogP contribution in [-0.2, 0) is 17.8 Å². The summed E-state index contributed by atoms with van der Waals surface area (Å²) < 4.78 is 11.5. The number of carboxylic acid groups (broad SMARTS) is 1. The fourth-order valence-corrected chi connectivity index (χ4v) is 3.32. The number of aromatic carboxylic acids is 1. The highest BCUT2D eigenvalue weighted by molar-refractivity contribution is 5.87. The summed E-state index contributed by atoms with van der Waals surface area (Å²) in [6.45, 7) is 0.386. The van der Waals surface area contributed by atoms with Crippen molar-refractivity contribution in [3.05, 3.63) is 59.2 Å². The van der Waals surface area contributed by atoms with E-state index in [0.29, 0.717) is 18.0 Å². The highest BCUT2D eigenvalue weighted by Crippen LogP contribution is 2.32. The van der Waals surface area contributed by atoms with Gasteiger partial charge in [-0.25, -0.2) is 4.79 Å². The van der Waals surface area contributed by atoms with Crippen molar-refractivity contribution in [1.29, 1.82) is 0 Å². The van der Waals surface area contributed by atoms with E-state index in [4.69, 9.17) is 14.6 Å². The van der Waals surface area contributed by atoms with Crippen molar-refractivity contribution in [2.24, 2.45) is 0 Å². The molecule has 1 aliphatic rings. The Kier molecular flexibility index (Phi) is 6.53. The summed E-state index contributed by atoms with van der Waals surface area (Å²) in [6, 6.07) is 12.0. The number of carbonyl (C=O) groups is 2. The molecule has 0 bridgehead atoms. The third-order valence-corrected chi connectivity index (χ3v) is 4.88. The number of carbonyl (C=O) groups excluding carboxylic acids is 1. The van der Waals surface area contributed by atoms with Crippen LogP contribution in [0.25, 0.3) is 0 Å². The molecule has 3 rings (SSSR count). The minimum absolute atomic E-state index is 0.128. The monoisotopic (exact) mass is 383 g/mol. The predicted octanol–water partition coefficient (Wildman–Crippen LogP) is 3.57. The molecule has 0 aliphatic heterocycles. The summed E-state index contributed by atoms with van der Waals surface area (Å²) in [7, 11) is 1.62. The molecule has 1 saturated carbocycles. The van der Waals surface area contributed by atoms with Gasteiger partial charge in [0.25, 0.3) is 0 Å². The number of benzene rings is 2. The van der Waals surface area contributed by atoms with Gasteiger partial charge < -0.3 is 19.9 Å². The topological polar surface area (TPSA) is 84.9 Å². The molecule has 28 heavy (non-hydrogen) atoms. The number of amides is 1. The number of nitrogens with one attached hydrogen (secondary N) is 1. The molecule has 1 aliphatic carbocycles. The predicted molar refractivity (Wildman–Crippen MR) is 105 cm³/mol. The summed E-state index contributed by atoms with van der Waals surface area (Å²) in [5, 5.41) is 11.8. The molecule has 2 aromatic rings. The molecule has 2 aromatic carbocycles.